The second-order valence-electron chi connectivity index (χ2n) is 10.9. The van der Waals surface area contributed by atoms with Crippen molar-refractivity contribution in [1.82, 2.24) is 4.90 Å². The SMILES string of the molecule is CC/C(=C(/c1ccc(OCCN(C)C(=O)O)cc1)c1ccc(B2OC(C)(C)C(C)(C)O2)cc1)c1ccccc1. The van der Waals surface area contributed by atoms with Crippen molar-refractivity contribution >= 4 is 29.8 Å². The number of hydrogen-bond donors (Lipinski definition) is 1. The Bertz CT molecular complexity index is 1280. The second kappa shape index (κ2) is 11.7. The van der Waals surface area contributed by atoms with Crippen molar-refractivity contribution in [1.29, 1.82) is 0 Å². The lowest BCUT2D eigenvalue weighted by atomic mass is 9.78. The molecule has 0 radical (unpaired) electrons. The molecule has 1 aliphatic heterocycles. The number of hydrogen-bond acceptors (Lipinski definition) is 4. The molecule has 3 aromatic rings. The molecule has 0 aromatic heterocycles. The Labute approximate surface area is 232 Å². The number of nitrogens with zero attached hydrogens (tertiary/aromatic N) is 1. The first kappa shape index (κ1) is 28.5. The fraction of sp³-hybridized carbons (Fsp3) is 0.344. The Morgan fingerprint density at radius 3 is 1.90 bits per heavy atom. The van der Waals surface area contributed by atoms with Crippen LogP contribution in [0.3, 0.4) is 0 Å². The van der Waals surface area contributed by atoms with Crippen molar-refractivity contribution < 1.29 is 23.9 Å². The van der Waals surface area contributed by atoms with Crippen molar-refractivity contribution in [2.45, 2.75) is 52.2 Å². The minimum Gasteiger partial charge on any atom is -0.492 e. The van der Waals surface area contributed by atoms with E-state index in [1.165, 1.54) is 23.1 Å². The van der Waals surface area contributed by atoms with Crippen LogP contribution in [0.25, 0.3) is 11.1 Å². The maximum Gasteiger partial charge on any atom is 0.494 e. The molecule has 1 N–H and O–H groups in total. The van der Waals surface area contributed by atoms with Crippen LogP contribution < -0.4 is 10.2 Å². The van der Waals surface area contributed by atoms with Gasteiger partial charge in [-0.1, -0.05) is 73.7 Å². The summed E-state index contributed by atoms with van der Waals surface area (Å²) < 4.78 is 18.3. The molecule has 1 amide bonds. The average Bonchev–Trinajstić information content (AvgIpc) is 3.14. The molecule has 0 saturated carbocycles. The van der Waals surface area contributed by atoms with Gasteiger partial charge in [-0.2, -0.15) is 0 Å². The number of amides is 1. The van der Waals surface area contributed by atoms with E-state index in [1.54, 1.807) is 0 Å². The van der Waals surface area contributed by atoms with Gasteiger partial charge in [-0.3, -0.25) is 0 Å². The highest BCUT2D eigenvalue weighted by molar-refractivity contribution is 6.62. The van der Waals surface area contributed by atoms with E-state index in [0.29, 0.717) is 12.3 Å². The number of likely N-dealkylation sites (N-methyl/N-ethyl adjacent to an activating group) is 1. The summed E-state index contributed by atoms with van der Waals surface area (Å²) in [5.41, 5.74) is 5.97. The van der Waals surface area contributed by atoms with E-state index in [0.717, 1.165) is 28.6 Å². The topological polar surface area (TPSA) is 68.2 Å². The number of rotatable bonds is 9. The molecular weight excluding hydrogens is 489 g/mol. The Hall–Kier alpha value is -3.55. The monoisotopic (exact) mass is 527 g/mol. The summed E-state index contributed by atoms with van der Waals surface area (Å²) in [5, 5.41) is 9.03. The van der Waals surface area contributed by atoms with E-state index in [-0.39, 0.29) is 6.61 Å². The van der Waals surface area contributed by atoms with Crippen molar-refractivity contribution in [3.63, 3.8) is 0 Å². The molecule has 0 spiro atoms. The average molecular weight is 527 g/mol. The summed E-state index contributed by atoms with van der Waals surface area (Å²) in [4.78, 5) is 12.2. The smallest absolute Gasteiger partial charge is 0.492 e. The van der Waals surface area contributed by atoms with Crippen LogP contribution >= 0.6 is 0 Å². The molecule has 0 atom stereocenters. The summed E-state index contributed by atoms with van der Waals surface area (Å²) in [6.07, 6.45) is -0.112. The van der Waals surface area contributed by atoms with Crippen LogP contribution in [0, 0.1) is 0 Å². The fourth-order valence-electron chi connectivity index (χ4n) is 4.58. The molecule has 4 rings (SSSR count). The van der Waals surface area contributed by atoms with Gasteiger partial charge in [0.1, 0.15) is 12.4 Å². The molecule has 0 unspecified atom stereocenters. The summed E-state index contributed by atoms with van der Waals surface area (Å²) in [5.74, 6) is 0.700. The number of allylic oxidation sites excluding steroid dienone is 1. The lowest BCUT2D eigenvalue weighted by molar-refractivity contribution is 0.00578. The molecule has 1 heterocycles. The zero-order chi connectivity index (χ0) is 28.2. The zero-order valence-corrected chi connectivity index (χ0v) is 23.7. The Morgan fingerprint density at radius 2 is 1.38 bits per heavy atom. The Balaban J connectivity index is 1.65. The van der Waals surface area contributed by atoms with Gasteiger partial charge in [0.15, 0.2) is 0 Å². The third kappa shape index (κ3) is 6.37. The van der Waals surface area contributed by atoms with Crippen molar-refractivity contribution in [2.24, 2.45) is 0 Å². The first-order valence-electron chi connectivity index (χ1n) is 13.4. The van der Waals surface area contributed by atoms with Gasteiger partial charge < -0.3 is 24.1 Å². The number of ether oxygens (including phenoxy) is 1. The number of carboxylic acid groups (broad SMARTS) is 1. The highest BCUT2D eigenvalue weighted by Crippen LogP contribution is 2.37. The molecule has 7 heteroatoms. The number of carbonyl (C=O) groups is 1. The van der Waals surface area contributed by atoms with E-state index in [2.05, 4.69) is 95.3 Å². The van der Waals surface area contributed by atoms with Gasteiger partial charge in [0, 0.05) is 7.05 Å². The molecule has 6 nitrogen and oxygen atoms in total. The van der Waals surface area contributed by atoms with Gasteiger partial charge in [0.05, 0.1) is 17.7 Å². The lowest BCUT2D eigenvalue weighted by Gasteiger charge is -2.32. The van der Waals surface area contributed by atoms with E-state index < -0.39 is 24.4 Å². The van der Waals surface area contributed by atoms with E-state index in [9.17, 15) is 4.79 Å². The predicted molar refractivity (Wildman–Crippen MR) is 157 cm³/mol. The Kier molecular flexibility index (Phi) is 8.53. The molecule has 1 fully saturated rings. The van der Waals surface area contributed by atoms with E-state index in [1.807, 2.05) is 18.2 Å². The van der Waals surface area contributed by atoms with Crippen LogP contribution in [0.2, 0.25) is 0 Å². The van der Waals surface area contributed by atoms with E-state index >= 15 is 0 Å². The maximum atomic E-state index is 11.0. The van der Waals surface area contributed by atoms with Crippen LogP contribution in [0.15, 0.2) is 78.9 Å². The van der Waals surface area contributed by atoms with Gasteiger partial charge in [-0.05, 0) is 79.5 Å². The maximum absolute atomic E-state index is 11.0. The summed E-state index contributed by atoms with van der Waals surface area (Å²) in [6, 6.07) is 26.9. The Morgan fingerprint density at radius 1 is 0.846 bits per heavy atom. The number of benzene rings is 3. The fourth-order valence-corrected chi connectivity index (χ4v) is 4.58. The third-order valence-electron chi connectivity index (χ3n) is 7.67. The highest BCUT2D eigenvalue weighted by Gasteiger charge is 2.51. The minimum atomic E-state index is -0.971. The molecule has 3 aromatic carbocycles. The molecule has 204 valence electrons. The standard InChI is InChI=1S/C32H38BNO5/c1-7-28(23-11-9-8-10-12-23)29(25-15-19-27(20-16-25)37-22-21-34(6)30(35)36)24-13-17-26(18-14-24)33-38-31(2,3)32(4,5)39-33/h8-20H,7,21-22H2,1-6H3,(H,35,36)/b29-28-. The zero-order valence-electron chi connectivity index (χ0n) is 23.7. The molecule has 0 aliphatic carbocycles. The van der Waals surface area contributed by atoms with Crippen molar-refractivity contribution in [3.8, 4) is 5.75 Å². The molecule has 1 saturated heterocycles. The van der Waals surface area contributed by atoms with Crippen LogP contribution in [-0.2, 0) is 9.31 Å². The van der Waals surface area contributed by atoms with Gasteiger partial charge in [-0.25, -0.2) is 4.79 Å². The minimum absolute atomic E-state index is 0.287. The van der Waals surface area contributed by atoms with Gasteiger partial charge in [-0.15, -0.1) is 0 Å². The first-order valence-corrected chi connectivity index (χ1v) is 13.4. The van der Waals surface area contributed by atoms with Gasteiger partial charge in [0.25, 0.3) is 0 Å². The normalized spacial score (nSPS) is 16.5. The highest BCUT2D eigenvalue weighted by atomic mass is 16.7. The molecule has 39 heavy (non-hydrogen) atoms. The van der Waals surface area contributed by atoms with Gasteiger partial charge >= 0.3 is 13.2 Å². The lowest BCUT2D eigenvalue weighted by Crippen LogP contribution is -2.41. The largest absolute Gasteiger partial charge is 0.494 e. The molecular formula is C32H38BNO5. The van der Waals surface area contributed by atoms with Crippen LogP contribution in [0.1, 0.15) is 57.7 Å². The summed E-state index contributed by atoms with van der Waals surface area (Å²) in [6.45, 7) is 11.0. The molecule has 0 bridgehead atoms. The van der Waals surface area contributed by atoms with Crippen LogP contribution in [-0.4, -0.2) is 54.6 Å². The van der Waals surface area contributed by atoms with Crippen molar-refractivity contribution in [2.75, 3.05) is 20.2 Å². The summed E-state index contributed by atoms with van der Waals surface area (Å²) in [7, 11) is 1.12. The van der Waals surface area contributed by atoms with E-state index in [4.69, 9.17) is 19.2 Å². The third-order valence-corrected chi connectivity index (χ3v) is 7.67. The second-order valence-corrected chi connectivity index (χ2v) is 10.9. The van der Waals surface area contributed by atoms with Crippen LogP contribution in [0.4, 0.5) is 4.79 Å². The van der Waals surface area contributed by atoms with Crippen molar-refractivity contribution in [3.05, 3.63) is 95.6 Å². The first-order chi connectivity index (χ1) is 18.5. The van der Waals surface area contributed by atoms with Crippen LogP contribution in [0.5, 0.6) is 5.75 Å². The summed E-state index contributed by atoms with van der Waals surface area (Å²) >= 11 is 0. The quantitative estimate of drug-likeness (QED) is 0.260. The molecule has 1 aliphatic rings. The van der Waals surface area contributed by atoms with Gasteiger partial charge in [0.2, 0.25) is 0 Å². The predicted octanol–water partition coefficient (Wildman–Crippen LogP) is 6.34.